The summed E-state index contributed by atoms with van der Waals surface area (Å²) >= 11 is 0. The molecule has 112 valence electrons. The van der Waals surface area contributed by atoms with Crippen LogP contribution in [0.25, 0.3) is 0 Å². The third kappa shape index (κ3) is 4.87. The van der Waals surface area contributed by atoms with Gasteiger partial charge in [0.15, 0.2) is 0 Å². The van der Waals surface area contributed by atoms with Gasteiger partial charge in [0.25, 0.3) is 0 Å². The molecular weight excluding hydrogens is 265 g/mol. The fourth-order valence-electron chi connectivity index (χ4n) is 2.20. The second kappa shape index (κ2) is 7.79. The zero-order valence-corrected chi connectivity index (χ0v) is 12.6. The number of methoxy groups -OCH3 is 1. The molecule has 1 N–H and O–H groups in total. The van der Waals surface area contributed by atoms with E-state index in [0.29, 0.717) is 18.2 Å². The minimum absolute atomic E-state index is 0.146. The van der Waals surface area contributed by atoms with E-state index in [1.54, 1.807) is 13.2 Å². The predicted molar refractivity (Wildman–Crippen MR) is 84.0 cm³/mol. The van der Waals surface area contributed by atoms with Crippen molar-refractivity contribution in [3.63, 3.8) is 0 Å². The molecule has 0 saturated heterocycles. The lowest BCUT2D eigenvalue weighted by molar-refractivity contribution is 0.414. The molecule has 0 spiro atoms. The molecule has 0 aliphatic carbocycles. The number of nitrogens with one attached hydrogen (secondary N) is 1. The highest BCUT2D eigenvalue weighted by molar-refractivity contribution is 5.27. The molecule has 0 fully saturated rings. The minimum atomic E-state index is -0.146. The van der Waals surface area contributed by atoms with Gasteiger partial charge in [-0.2, -0.15) is 0 Å². The monoisotopic (exact) mass is 287 g/mol. The normalized spacial score (nSPS) is 12.1. The van der Waals surface area contributed by atoms with E-state index in [9.17, 15) is 4.39 Å². The smallest absolute Gasteiger partial charge is 0.127 e. The van der Waals surface area contributed by atoms with Crippen molar-refractivity contribution in [3.8, 4) is 5.75 Å². The third-order valence-electron chi connectivity index (χ3n) is 3.62. The van der Waals surface area contributed by atoms with Crippen LogP contribution in [0.4, 0.5) is 4.39 Å². The average molecular weight is 287 g/mol. The van der Waals surface area contributed by atoms with Crippen LogP contribution in [0, 0.1) is 5.82 Å². The van der Waals surface area contributed by atoms with Crippen LogP contribution in [-0.4, -0.2) is 13.2 Å². The number of rotatable bonds is 7. The van der Waals surface area contributed by atoms with Crippen molar-refractivity contribution in [1.29, 1.82) is 0 Å². The van der Waals surface area contributed by atoms with Gasteiger partial charge in [0, 0.05) is 18.2 Å². The van der Waals surface area contributed by atoms with Crippen LogP contribution in [0.2, 0.25) is 0 Å². The Bertz CT molecular complexity index is 553. The lowest BCUT2D eigenvalue weighted by Crippen LogP contribution is -2.26. The van der Waals surface area contributed by atoms with Crippen LogP contribution in [0.3, 0.4) is 0 Å². The van der Waals surface area contributed by atoms with Gasteiger partial charge in [0.05, 0.1) is 7.11 Å². The maximum Gasteiger partial charge on any atom is 0.127 e. The summed E-state index contributed by atoms with van der Waals surface area (Å²) in [6, 6.07) is 15.4. The van der Waals surface area contributed by atoms with Crippen LogP contribution in [-0.2, 0) is 13.0 Å². The molecule has 0 aliphatic heterocycles. The fraction of sp³-hybridized carbons (Fsp3) is 0.333. The highest BCUT2D eigenvalue weighted by Crippen LogP contribution is 2.13. The SMILES string of the molecule is COc1ccc(CC[C@H](C)NCc2ccccc2F)cc1. The van der Waals surface area contributed by atoms with Crippen molar-refractivity contribution in [2.24, 2.45) is 0 Å². The topological polar surface area (TPSA) is 21.3 Å². The summed E-state index contributed by atoms with van der Waals surface area (Å²) in [5.74, 6) is 0.733. The Morgan fingerprint density at radius 1 is 1.10 bits per heavy atom. The van der Waals surface area contributed by atoms with Gasteiger partial charge in [0.1, 0.15) is 11.6 Å². The van der Waals surface area contributed by atoms with Crippen molar-refractivity contribution in [2.75, 3.05) is 7.11 Å². The standard InChI is InChI=1S/C18H22FNO/c1-14(20-13-16-5-3-4-6-18(16)19)7-8-15-9-11-17(21-2)12-10-15/h3-6,9-12,14,20H,7-8,13H2,1-2H3/t14-/m0/s1. The molecule has 0 unspecified atom stereocenters. The fourth-order valence-corrected chi connectivity index (χ4v) is 2.20. The Balaban J connectivity index is 1.76. The molecule has 2 nitrogen and oxygen atoms in total. The number of ether oxygens (including phenoxy) is 1. The van der Waals surface area contributed by atoms with E-state index in [1.807, 2.05) is 24.3 Å². The van der Waals surface area contributed by atoms with Gasteiger partial charge in [-0.25, -0.2) is 4.39 Å². The summed E-state index contributed by atoms with van der Waals surface area (Å²) in [6.45, 7) is 2.70. The molecular formula is C18H22FNO. The minimum Gasteiger partial charge on any atom is -0.497 e. The van der Waals surface area contributed by atoms with E-state index in [2.05, 4.69) is 24.4 Å². The van der Waals surface area contributed by atoms with Gasteiger partial charge < -0.3 is 10.1 Å². The average Bonchev–Trinajstić information content (AvgIpc) is 2.52. The van der Waals surface area contributed by atoms with E-state index < -0.39 is 0 Å². The third-order valence-corrected chi connectivity index (χ3v) is 3.62. The van der Waals surface area contributed by atoms with E-state index in [0.717, 1.165) is 18.6 Å². The number of aryl methyl sites for hydroxylation is 1. The maximum atomic E-state index is 13.5. The second-order valence-corrected chi connectivity index (χ2v) is 5.26. The predicted octanol–water partition coefficient (Wildman–Crippen LogP) is 3.95. The molecule has 3 heteroatoms. The van der Waals surface area contributed by atoms with Gasteiger partial charge in [-0.3, -0.25) is 0 Å². The second-order valence-electron chi connectivity index (χ2n) is 5.26. The first-order valence-corrected chi connectivity index (χ1v) is 7.29. The van der Waals surface area contributed by atoms with Crippen molar-refractivity contribution >= 4 is 0 Å². The molecule has 2 aromatic carbocycles. The van der Waals surface area contributed by atoms with Gasteiger partial charge >= 0.3 is 0 Å². The molecule has 21 heavy (non-hydrogen) atoms. The van der Waals surface area contributed by atoms with Crippen LogP contribution in [0.1, 0.15) is 24.5 Å². The van der Waals surface area contributed by atoms with Crippen molar-refractivity contribution in [1.82, 2.24) is 5.32 Å². The van der Waals surface area contributed by atoms with E-state index >= 15 is 0 Å². The summed E-state index contributed by atoms with van der Waals surface area (Å²) in [7, 11) is 1.67. The summed E-state index contributed by atoms with van der Waals surface area (Å²) in [6.07, 6.45) is 2.01. The molecule has 0 saturated carbocycles. The van der Waals surface area contributed by atoms with Crippen molar-refractivity contribution in [2.45, 2.75) is 32.4 Å². The first kappa shape index (κ1) is 15.5. The van der Waals surface area contributed by atoms with Gasteiger partial charge in [-0.05, 0) is 43.5 Å². The summed E-state index contributed by atoms with van der Waals surface area (Å²) < 4.78 is 18.7. The van der Waals surface area contributed by atoms with Crippen LogP contribution in [0.15, 0.2) is 48.5 Å². The summed E-state index contributed by atoms with van der Waals surface area (Å²) in [5, 5.41) is 3.37. The lowest BCUT2D eigenvalue weighted by Gasteiger charge is -2.14. The molecule has 0 radical (unpaired) electrons. The Labute approximate surface area is 126 Å². The summed E-state index contributed by atoms with van der Waals surface area (Å²) in [5.41, 5.74) is 2.00. The van der Waals surface area contributed by atoms with E-state index in [1.165, 1.54) is 11.6 Å². The van der Waals surface area contributed by atoms with Crippen molar-refractivity contribution in [3.05, 3.63) is 65.5 Å². The van der Waals surface area contributed by atoms with Crippen LogP contribution < -0.4 is 10.1 Å². The molecule has 0 aliphatic rings. The molecule has 0 bridgehead atoms. The highest BCUT2D eigenvalue weighted by Gasteiger charge is 2.05. The highest BCUT2D eigenvalue weighted by atomic mass is 19.1. The van der Waals surface area contributed by atoms with E-state index in [-0.39, 0.29) is 5.82 Å². The Morgan fingerprint density at radius 2 is 1.81 bits per heavy atom. The Hall–Kier alpha value is -1.87. The zero-order chi connectivity index (χ0) is 15.1. The van der Waals surface area contributed by atoms with Gasteiger partial charge in [-0.15, -0.1) is 0 Å². The largest absolute Gasteiger partial charge is 0.497 e. The van der Waals surface area contributed by atoms with Crippen molar-refractivity contribution < 1.29 is 9.13 Å². The zero-order valence-electron chi connectivity index (χ0n) is 12.6. The Morgan fingerprint density at radius 3 is 2.48 bits per heavy atom. The first-order valence-electron chi connectivity index (χ1n) is 7.29. The number of halogens is 1. The lowest BCUT2D eigenvalue weighted by atomic mass is 10.1. The molecule has 0 amide bonds. The molecule has 2 aromatic rings. The summed E-state index contributed by atoms with van der Waals surface area (Å²) in [4.78, 5) is 0. The quantitative estimate of drug-likeness (QED) is 0.832. The van der Waals surface area contributed by atoms with Crippen LogP contribution >= 0.6 is 0 Å². The first-order chi connectivity index (χ1) is 10.2. The number of hydrogen-bond donors (Lipinski definition) is 1. The van der Waals surface area contributed by atoms with Crippen LogP contribution in [0.5, 0.6) is 5.75 Å². The Kier molecular flexibility index (Phi) is 5.76. The van der Waals surface area contributed by atoms with E-state index in [4.69, 9.17) is 4.74 Å². The molecule has 1 atom stereocenters. The molecule has 2 rings (SSSR count). The molecule has 0 aromatic heterocycles. The molecule has 0 heterocycles. The van der Waals surface area contributed by atoms with Gasteiger partial charge in [-0.1, -0.05) is 30.3 Å². The maximum absolute atomic E-state index is 13.5. The van der Waals surface area contributed by atoms with Gasteiger partial charge in [0.2, 0.25) is 0 Å². The number of hydrogen-bond acceptors (Lipinski definition) is 2. The number of benzene rings is 2.